The summed E-state index contributed by atoms with van der Waals surface area (Å²) in [5.41, 5.74) is 3.41. The number of aromatic nitrogens is 4. The standard InChI is InChI=1S/C26H24N4O3/c31-26-28-25(29-33-26)11-10-22-9-7-20(18-30-14-3-13-27-30)17-24(22)32-15-12-19-6-8-21-4-1-2-5-23(21)16-19/h1-9,13-14,16-17H,10-12,15,18H2,(H,28,29,31). The van der Waals surface area contributed by atoms with Crippen LogP contribution in [0, 0.1) is 0 Å². The maximum Gasteiger partial charge on any atom is 0.438 e. The smallest absolute Gasteiger partial charge is 0.438 e. The molecule has 166 valence electrons. The number of fused-ring (bicyclic) bond motifs is 1. The Morgan fingerprint density at radius 2 is 1.79 bits per heavy atom. The van der Waals surface area contributed by atoms with Crippen LogP contribution in [0.1, 0.15) is 22.5 Å². The Bertz CT molecular complexity index is 1400. The minimum Gasteiger partial charge on any atom is -0.493 e. The van der Waals surface area contributed by atoms with Gasteiger partial charge in [-0.2, -0.15) is 5.10 Å². The third kappa shape index (κ3) is 5.20. The summed E-state index contributed by atoms with van der Waals surface area (Å²) in [6, 6.07) is 23.0. The van der Waals surface area contributed by atoms with Crippen molar-refractivity contribution in [1.29, 1.82) is 0 Å². The van der Waals surface area contributed by atoms with Crippen LogP contribution in [0.5, 0.6) is 5.75 Å². The van der Waals surface area contributed by atoms with Gasteiger partial charge in [0.2, 0.25) is 0 Å². The Morgan fingerprint density at radius 3 is 2.61 bits per heavy atom. The highest BCUT2D eigenvalue weighted by molar-refractivity contribution is 5.82. The Hall–Kier alpha value is -4.13. The third-order valence-electron chi connectivity index (χ3n) is 5.61. The maximum atomic E-state index is 11.2. The summed E-state index contributed by atoms with van der Waals surface area (Å²) in [6.45, 7) is 1.24. The van der Waals surface area contributed by atoms with E-state index in [4.69, 9.17) is 4.74 Å². The second-order valence-electron chi connectivity index (χ2n) is 7.97. The van der Waals surface area contributed by atoms with Crippen molar-refractivity contribution in [1.82, 2.24) is 19.9 Å². The molecule has 7 nitrogen and oxygen atoms in total. The molecule has 0 fully saturated rings. The van der Waals surface area contributed by atoms with E-state index in [0.29, 0.717) is 31.8 Å². The highest BCUT2D eigenvalue weighted by Gasteiger charge is 2.09. The Balaban J connectivity index is 1.30. The largest absolute Gasteiger partial charge is 0.493 e. The minimum absolute atomic E-state index is 0.530. The molecule has 0 aliphatic heterocycles. The topological polar surface area (TPSA) is 85.9 Å². The van der Waals surface area contributed by atoms with Crippen molar-refractivity contribution in [2.24, 2.45) is 0 Å². The summed E-state index contributed by atoms with van der Waals surface area (Å²) in [7, 11) is 0. The van der Waals surface area contributed by atoms with Gasteiger partial charge in [-0.25, -0.2) is 4.79 Å². The average Bonchev–Trinajstić information content (AvgIpc) is 3.50. The molecule has 5 rings (SSSR count). The first kappa shape index (κ1) is 20.8. The molecular formula is C26H24N4O3. The van der Waals surface area contributed by atoms with Gasteiger partial charge in [0.15, 0.2) is 5.82 Å². The minimum atomic E-state index is -0.536. The molecule has 0 atom stereocenters. The molecule has 0 bridgehead atoms. The summed E-state index contributed by atoms with van der Waals surface area (Å²) in [6.07, 6.45) is 5.76. The molecule has 0 aliphatic rings. The van der Waals surface area contributed by atoms with Crippen molar-refractivity contribution in [3.63, 3.8) is 0 Å². The quantitative estimate of drug-likeness (QED) is 0.372. The molecule has 7 heteroatoms. The average molecular weight is 441 g/mol. The van der Waals surface area contributed by atoms with Crippen molar-refractivity contribution >= 4 is 10.8 Å². The van der Waals surface area contributed by atoms with E-state index in [1.165, 1.54) is 16.3 Å². The van der Waals surface area contributed by atoms with Gasteiger partial charge in [0.05, 0.1) is 13.2 Å². The first-order valence-electron chi connectivity index (χ1n) is 11.0. The summed E-state index contributed by atoms with van der Waals surface area (Å²) in [5.74, 6) is 0.834. The number of nitrogens with one attached hydrogen (secondary N) is 1. The van der Waals surface area contributed by atoms with E-state index in [2.05, 4.69) is 80.4 Å². The highest BCUT2D eigenvalue weighted by atomic mass is 16.5. The molecule has 0 spiro atoms. The zero-order valence-corrected chi connectivity index (χ0v) is 18.1. The number of nitrogens with zero attached hydrogens (tertiary/aromatic N) is 3. The van der Waals surface area contributed by atoms with Crippen molar-refractivity contribution in [3.05, 3.63) is 112 Å². The summed E-state index contributed by atoms with van der Waals surface area (Å²) in [5, 5.41) is 10.5. The second kappa shape index (κ2) is 9.56. The van der Waals surface area contributed by atoms with E-state index < -0.39 is 5.76 Å². The van der Waals surface area contributed by atoms with E-state index in [9.17, 15) is 4.79 Å². The van der Waals surface area contributed by atoms with Gasteiger partial charge >= 0.3 is 5.76 Å². The van der Waals surface area contributed by atoms with Crippen LogP contribution in [0.4, 0.5) is 0 Å². The fraction of sp³-hybridized carbons (Fsp3) is 0.192. The Kier molecular flexibility index (Phi) is 6.01. The zero-order chi connectivity index (χ0) is 22.5. The lowest BCUT2D eigenvalue weighted by Gasteiger charge is -2.14. The van der Waals surface area contributed by atoms with Gasteiger partial charge in [-0.1, -0.05) is 59.8 Å². The molecule has 0 saturated carbocycles. The van der Waals surface area contributed by atoms with Gasteiger partial charge in [0.25, 0.3) is 0 Å². The number of rotatable bonds is 9. The molecule has 3 aromatic carbocycles. The Labute approximate surface area is 190 Å². The van der Waals surface area contributed by atoms with Crippen LogP contribution in [0.15, 0.2) is 88.4 Å². The lowest BCUT2D eigenvalue weighted by Crippen LogP contribution is -2.07. The molecule has 1 N–H and O–H groups in total. The van der Waals surface area contributed by atoms with Gasteiger partial charge in [0, 0.05) is 25.2 Å². The number of aryl methyl sites for hydroxylation is 2. The van der Waals surface area contributed by atoms with E-state index in [-0.39, 0.29) is 0 Å². The normalized spacial score (nSPS) is 11.2. The number of H-pyrrole nitrogens is 1. The molecule has 5 aromatic rings. The third-order valence-corrected chi connectivity index (χ3v) is 5.61. The zero-order valence-electron chi connectivity index (χ0n) is 18.1. The van der Waals surface area contributed by atoms with E-state index >= 15 is 0 Å². The summed E-state index contributed by atoms with van der Waals surface area (Å²) in [4.78, 5) is 13.8. The van der Waals surface area contributed by atoms with Crippen molar-refractivity contribution in [2.75, 3.05) is 6.61 Å². The number of aromatic amines is 1. The molecule has 0 aliphatic carbocycles. The molecule has 0 unspecified atom stereocenters. The van der Waals surface area contributed by atoms with Crippen LogP contribution in [0.3, 0.4) is 0 Å². The van der Waals surface area contributed by atoms with Crippen LogP contribution in [-0.2, 0) is 25.8 Å². The molecule has 0 amide bonds. The number of hydrogen-bond donors (Lipinski definition) is 1. The van der Waals surface area contributed by atoms with Crippen LogP contribution >= 0.6 is 0 Å². The highest BCUT2D eigenvalue weighted by Crippen LogP contribution is 2.23. The summed E-state index contributed by atoms with van der Waals surface area (Å²) >= 11 is 0. The molecule has 0 saturated heterocycles. The van der Waals surface area contributed by atoms with Crippen molar-refractivity contribution < 1.29 is 9.26 Å². The Morgan fingerprint density at radius 1 is 0.909 bits per heavy atom. The van der Waals surface area contributed by atoms with Crippen LogP contribution < -0.4 is 10.5 Å². The molecule has 2 aromatic heterocycles. The molecule has 33 heavy (non-hydrogen) atoms. The predicted octanol–water partition coefficient (Wildman–Crippen LogP) is 4.17. The molecular weight excluding hydrogens is 416 g/mol. The second-order valence-corrected chi connectivity index (χ2v) is 7.97. The van der Waals surface area contributed by atoms with Gasteiger partial charge in [-0.15, -0.1) is 0 Å². The van der Waals surface area contributed by atoms with Crippen LogP contribution in [-0.4, -0.2) is 26.5 Å². The molecule has 0 radical (unpaired) electrons. The summed E-state index contributed by atoms with van der Waals surface area (Å²) < 4.78 is 12.7. The van der Waals surface area contributed by atoms with Gasteiger partial charge in [0.1, 0.15) is 5.75 Å². The van der Waals surface area contributed by atoms with Crippen LogP contribution in [0.25, 0.3) is 10.8 Å². The SMILES string of the molecule is O=c1[nH]c(CCc2ccc(Cn3cccn3)cc2OCCc2ccc3ccccc3c2)no1. The van der Waals surface area contributed by atoms with Gasteiger partial charge < -0.3 is 4.74 Å². The monoisotopic (exact) mass is 440 g/mol. The first-order chi connectivity index (χ1) is 16.2. The van der Waals surface area contributed by atoms with Gasteiger partial charge in [-0.05, 0) is 46.0 Å². The number of ether oxygens (including phenoxy) is 1. The first-order valence-corrected chi connectivity index (χ1v) is 11.0. The predicted molar refractivity (Wildman–Crippen MR) is 125 cm³/mol. The van der Waals surface area contributed by atoms with E-state index in [1.54, 1.807) is 6.20 Å². The van der Waals surface area contributed by atoms with Crippen LogP contribution in [0.2, 0.25) is 0 Å². The fourth-order valence-corrected chi connectivity index (χ4v) is 3.91. The lowest BCUT2D eigenvalue weighted by atomic mass is 10.0. The number of benzene rings is 3. The number of hydrogen-bond acceptors (Lipinski definition) is 5. The van der Waals surface area contributed by atoms with Crippen molar-refractivity contribution in [3.8, 4) is 5.75 Å². The maximum absolute atomic E-state index is 11.2. The van der Waals surface area contributed by atoms with E-state index in [0.717, 1.165) is 23.3 Å². The lowest BCUT2D eigenvalue weighted by molar-refractivity contribution is 0.318. The molecule has 2 heterocycles. The van der Waals surface area contributed by atoms with E-state index in [1.807, 2.05) is 16.9 Å². The fourth-order valence-electron chi connectivity index (χ4n) is 3.91. The van der Waals surface area contributed by atoms with Gasteiger partial charge in [-0.3, -0.25) is 14.2 Å². The van der Waals surface area contributed by atoms with Crippen molar-refractivity contribution in [2.45, 2.75) is 25.8 Å².